The summed E-state index contributed by atoms with van der Waals surface area (Å²) >= 11 is 0. The summed E-state index contributed by atoms with van der Waals surface area (Å²) in [4.78, 5) is 8.45. The number of hydrogen-bond acceptors (Lipinski definition) is 6. The average molecular weight is 328 g/mol. The SMILES string of the molecule is CC(C)c1noc(NCc2cccnc2Oc2cccc(F)c2)n1. The zero-order valence-corrected chi connectivity index (χ0v) is 13.4. The number of nitrogens with one attached hydrogen (secondary N) is 1. The van der Waals surface area contributed by atoms with E-state index in [0.29, 0.717) is 30.0 Å². The lowest BCUT2D eigenvalue weighted by atomic mass is 10.2. The van der Waals surface area contributed by atoms with Crippen LogP contribution in [0.15, 0.2) is 47.1 Å². The Bertz CT molecular complexity index is 820. The summed E-state index contributed by atoms with van der Waals surface area (Å²) in [6, 6.07) is 9.89. The van der Waals surface area contributed by atoms with Gasteiger partial charge in [0.05, 0.1) is 0 Å². The maximum Gasteiger partial charge on any atom is 0.321 e. The lowest BCUT2D eigenvalue weighted by Gasteiger charge is -2.09. The first-order valence-corrected chi connectivity index (χ1v) is 7.56. The van der Waals surface area contributed by atoms with Crippen LogP contribution in [0.4, 0.5) is 10.4 Å². The van der Waals surface area contributed by atoms with Gasteiger partial charge in [0.2, 0.25) is 5.88 Å². The quantitative estimate of drug-likeness (QED) is 0.733. The van der Waals surface area contributed by atoms with Gasteiger partial charge in [-0.2, -0.15) is 4.98 Å². The molecule has 2 heterocycles. The Morgan fingerprint density at radius 3 is 2.88 bits per heavy atom. The smallest absolute Gasteiger partial charge is 0.321 e. The van der Waals surface area contributed by atoms with Crippen LogP contribution in [-0.2, 0) is 6.54 Å². The monoisotopic (exact) mass is 328 g/mol. The molecule has 1 N–H and O–H groups in total. The third-order valence-corrected chi connectivity index (χ3v) is 3.25. The molecule has 0 atom stereocenters. The summed E-state index contributed by atoms with van der Waals surface area (Å²) < 4.78 is 24.1. The van der Waals surface area contributed by atoms with E-state index in [1.54, 1.807) is 24.4 Å². The fourth-order valence-electron chi connectivity index (χ4n) is 2.00. The molecule has 0 fully saturated rings. The number of ether oxygens (including phenoxy) is 1. The Hall–Kier alpha value is -2.96. The van der Waals surface area contributed by atoms with Gasteiger partial charge in [-0.05, 0) is 18.2 Å². The fourth-order valence-corrected chi connectivity index (χ4v) is 2.00. The van der Waals surface area contributed by atoms with E-state index in [0.717, 1.165) is 5.56 Å². The normalized spacial score (nSPS) is 10.8. The second-order valence-corrected chi connectivity index (χ2v) is 5.49. The first-order valence-electron chi connectivity index (χ1n) is 7.56. The summed E-state index contributed by atoms with van der Waals surface area (Å²) in [6.07, 6.45) is 1.61. The molecule has 0 aliphatic rings. The van der Waals surface area contributed by atoms with Crippen LogP contribution in [0.1, 0.15) is 31.2 Å². The summed E-state index contributed by atoms with van der Waals surface area (Å²) in [5.41, 5.74) is 0.783. The number of pyridine rings is 1. The van der Waals surface area contributed by atoms with Crippen molar-refractivity contribution >= 4 is 6.01 Å². The van der Waals surface area contributed by atoms with Crippen molar-refractivity contribution in [3.63, 3.8) is 0 Å². The second kappa shape index (κ2) is 7.08. The van der Waals surface area contributed by atoms with Crippen molar-refractivity contribution in [1.29, 1.82) is 0 Å². The maximum absolute atomic E-state index is 13.3. The molecule has 6 nitrogen and oxygen atoms in total. The van der Waals surface area contributed by atoms with Crippen LogP contribution in [0.5, 0.6) is 11.6 Å². The van der Waals surface area contributed by atoms with Gasteiger partial charge in [0.1, 0.15) is 11.6 Å². The third kappa shape index (κ3) is 3.87. The van der Waals surface area contributed by atoms with E-state index in [2.05, 4.69) is 20.4 Å². The average Bonchev–Trinajstić information content (AvgIpc) is 3.03. The lowest BCUT2D eigenvalue weighted by Crippen LogP contribution is -2.03. The topological polar surface area (TPSA) is 73.1 Å². The van der Waals surface area contributed by atoms with Crippen molar-refractivity contribution in [1.82, 2.24) is 15.1 Å². The van der Waals surface area contributed by atoms with Gasteiger partial charge in [0.15, 0.2) is 5.82 Å². The van der Waals surface area contributed by atoms with E-state index in [9.17, 15) is 4.39 Å². The van der Waals surface area contributed by atoms with E-state index in [-0.39, 0.29) is 11.7 Å². The zero-order chi connectivity index (χ0) is 16.9. The van der Waals surface area contributed by atoms with E-state index >= 15 is 0 Å². The summed E-state index contributed by atoms with van der Waals surface area (Å²) in [6.45, 7) is 4.36. The van der Waals surface area contributed by atoms with E-state index in [1.165, 1.54) is 12.1 Å². The van der Waals surface area contributed by atoms with Crippen molar-refractivity contribution in [2.45, 2.75) is 26.3 Å². The minimum Gasteiger partial charge on any atom is -0.439 e. The summed E-state index contributed by atoms with van der Waals surface area (Å²) in [7, 11) is 0. The van der Waals surface area contributed by atoms with E-state index in [1.807, 2.05) is 19.9 Å². The molecule has 0 unspecified atom stereocenters. The van der Waals surface area contributed by atoms with Gasteiger partial charge in [0.25, 0.3) is 0 Å². The second-order valence-electron chi connectivity index (χ2n) is 5.49. The zero-order valence-electron chi connectivity index (χ0n) is 13.4. The van der Waals surface area contributed by atoms with E-state index < -0.39 is 0 Å². The predicted molar refractivity (Wildman–Crippen MR) is 86.4 cm³/mol. The van der Waals surface area contributed by atoms with Crippen LogP contribution in [0.3, 0.4) is 0 Å². The molecule has 0 radical (unpaired) electrons. The first-order chi connectivity index (χ1) is 11.6. The molecule has 3 aromatic rings. The minimum atomic E-state index is -0.366. The Morgan fingerprint density at radius 2 is 2.12 bits per heavy atom. The van der Waals surface area contributed by atoms with Crippen molar-refractivity contribution < 1.29 is 13.7 Å². The van der Waals surface area contributed by atoms with Crippen LogP contribution in [0.2, 0.25) is 0 Å². The van der Waals surface area contributed by atoms with Gasteiger partial charge in [0, 0.05) is 30.3 Å². The van der Waals surface area contributed by atoms with Gasteiger partial charge >= 0.3 is 6.01 Å². The van der Waals surface area contributed by atoms with Crippen LogP contribution in [0.25, 0.3) is 0 Å². The number of rotatable bonds is 6. The molecule has 1 aromatic carbocycles. The van der Waals surface area contributed by atoms with Gasteiger partial charge in [-0.1, -0.05) is 31.1 Å². The van der Waals surface area contributed by atoms with Crippen LogP contribution < -0.4 is 10.1 Å². The Morgan fingerprint density at radius 1 is 1.25 bits per heavy atom. The highest BCUT2D eigenvalue weighted by molar-refractivity contribution is 5.34. The molecule has 0 aliphatic carbocycles. The molecule has 24 heavy (non-hydrogen) atoms. The molecule has 2 aromatic heterocycles. The number of halogens is 1. The van der Waals surface area contributed by atoms with E-state index in [4.69, 9.17) is 9.26 Å². The molecular weight excluding hydrogens is 311 g/mol. The van der Waals surface area contributed by atoms with Crippen molar-refractivity contribution in [3.05, 3.63) is 59.8 Å². The van der Waals surface area contributed by atoms with Crippen LogP contribution in [0, 0.1) is 5.82 Å². The van der Waals surface area contributed by atoms with Gasteiger partial charge in [-0.25, -0.2) is 9.37 Å². The summed E-state index contributed by atoms with van der Waals surface area (Å²) in [5, 5.41) is 6.93. The third-order valence-electron chi connectivity index (χ3n) is 3.25. The standard InChI is InChI=1S/C17H17FN4O2/c1-11(2)15-21-17(24-22-15)20-10-12-5-4-8-19-16(12)23-14-7-3-6-13(18)9-14/h3-9,11H,10H2,1-2H3,(H,20,21,22). The lowest BCUT2D eigenvalue weighted by molar-refractivity contribution is 0.418. The van der Waals surface area contributed by atoms with Gasteiger partial charge < -0.3 is 14.6 Å². The number of nitrogens with zero attached hydrogens (tertiary/aromatic N) is 3. The van der Waals surface area contributed by atoms with Gasteiger partial charge in [-0.3, -0.25) is 0 Å². The molecule has 0 saturated carbocycles. The number of anilines is 1. The highest BCUT2D eigenvalue weighted by atomic mass is 19.1. The molecule has 0 saturated heterocycles. The number of aromatic nitrogens is 3. The molecule has 7 heteroatoms. The molecule has 3 rings (SSSR count). The molecular formula is C17H17FN4O2. The van der Waals surface area contributed by atoms with Crippen molar-refractivity contribution in [2.75, 3.05) is 5.32 Å². The largest absolute Gasteiger partial charge is 0.439 e. The highest BCUT2D eigenvalue weighted by Crippen LogP contribution is 2.24. The highest BCUT2D eigenvalue weighted by Gasteiger charge is 2.11. The van der Waals surface area contributed by atoms with Gasteiger partial charge in [-0.15, -0.1) is 0 Å². The minimum absolute atomic E-state index is 0.189. The summed E-state index contributed by atoms with van der Waals surface area (Å²) in [5.74, 6) is 1.23. The van der Waals surface area contributed by atoms with Crippen LogP contribution in [-0.4, -0.2) is 15.1 Å². The molecule has 124 valence electrons. The van der Waals surface area contributed by atoms with Crippen molar-refractivity contribution in [3.8, 4) is 11.6 Å². The molecule has 0 amide bonds. The number of hydrogen-bond donors (Lipinski definition) is 1. The fraction of sp³-hybridized carbons (Fsp3) is 0.235. The maximum atomic E-state index is 13.3. The Balaban J connectivity index is 1.71. The van der Waals surface area contributed by atoms with Crippen LogP contribution >= 0.6 is 0 Å². The Labute approximate surface area is 138 Å². The molecule has 0 bridgehead atoms. The molecule has 0 aliphatic heterocycles. The predicted octanol–water partition coefficient (Wildman–Crippen LogP) is 4.13. The molecule has 0 spiro atoms. The van der Waals surface area contributed by atoms with Crippen molar-refractivity contribution in [2.24, 2.45) is 0 Å². The Kier molecular flexibility index (Phi) is 4.69. The first kappa shape index (κ1) is 15.9. The number of benzene rings is 1.